The molecule has 0 saturated carbocycles. The van der Waals surface area contributed by atoms with Gasteiger partial charge < -0.3 is 18.2 Å². The number of thiophene rings is 1. The Balaban J connectivity index is 1.07. The first-order valence-electron chi connectivity index (χ1n) is 17.7. The molecule has 0 saturated heterocycles. The van der Waals surface area contributed by atoms with E-state index in [9.17, 15) is 0 Å². The van der Waals surface area contributed by atoms with Crippen LogP contribution in [0.15, 0.2) is 177 Å². The van der Waals surface area contributed by atoms with E-state index in [-0.39, 0.29) is 0 Å². The Labute approximate surface area is 306 Å². The molecular formula is C48H27NO3S. The number of para-hydroxylation sites is 2. The van der Waals surface area contributed by atoms with E-state index in [0.29, 0.717) is 0 Å². The Morgan fingerprint density at radius 1 is 0.377 bits per heavy atom. The summed E-state index contributed by atoms with van der Waals surface area (Å²) in [6.45, 7) is 0. The quantitative estimate of drug-likeness (QED) is 0.184. The van der Waals surface area contributed by atoms with Gasteiger partial charge in [0, 0.05) is 64.5 Å². The predicted octanol–water partition coefficient (Wildman–Crippen LogP) is 14.9. The molecule has 0 bridgehead atoms. The second-order valence-corrected chi connectivity index (χ2v) is 14.7. The van der Waals surface area contributed by atoms with Crippen LogP contribution in [0.3, 0.4) is 0 Å². The molecule has 12 aromatic rings. The van der Waals surface area contributed by atoms with Crippen LogP contribution in [0.5, 0.6) is 0 Å². The first kappa shape index (κ1) is 28.8. The van der Waals surface area contributed by atoms with E-state index in [4.69, 9.17) is 13.3 Å². The number of hydrogen-bond acceptors (Lipinski definition) is 5. The maximum atomic E-state index is 6.50. The van der Waals surface area contributed by atoms with E-state index >= 15 is 0 Å². The third kappa shape index (κ3) is 4.17. The summed E-state index contributed by atoms with van der Waals surface area (Å²) in [6.07, 6.45) is 0. The number of rotatable bonds is 4. The summed E-state index contributed by atoms with van der Waals surface area (Å²) in [5.41, 5.74) is 10.6. The lowest BCUT2D eigenvalue weighted by Crippen LogP contribution is -2.10. The minimum Gasteiger partial charge on any atom is -0.456 e. The van der Waals surface area contributed by atoms with Crippen molar-refractivity contribution in [3.8, 4) is 11.1 Å². The summed E-state index contributed by atoms with van der Waals surface area (Å²) in [7, 11) is 0. The van der Waals surface area contributed by atoms with E-state index in [0.717, 1.165) is 88.6 Å². The summed E-state index contributed by atoms with van der Waals surface area (Å²) in [5, 5.41) is 9.23. The van der Waals surface area contributed by atoms with E-state index in [1.807, 2.05) is 41.7 Å². The standard InChI is InChI=1S/C48H27NO3S/c1-4-14-38-32(9-1)33-24-23-30(27-43(33)51-38)49(37-13-8-17-40-45(37)36-11-2-5-15-39(36)50-40)29-21-19-28(20-22-29)31-12-7-16-41-46(31)47-42(52-41)26-25-35-34-10-3-6-18-44(34)53-48(35)47/h1-27H. The highest BCUT2D eigenvalue weighted by Gasteiger charge is 2.22. The Morgan fingerprint density at radius 2 is 0.981 bits per heavy atom. The molecule has 0 spiro atoms. The van der Waals surface area contributed by atoms with Gasteiger partial charge in [0.25, 0.3) is 0 Å². The van der Waals surface area contributed by atoms with Crippen LogP contribution >= 0.6 is 11.3 Å². The van der Waals surface area contributed by atoms with E-state index in [2.05, 4.69) is 138 Å². The molecule has 248 valence electrons. The van der Waals surface area contributed by atoms with Crippen LogP contribution in [-0.4, -0.2) is 0 Å². The molecule has 4 aromatic heterocycles. The van der Waals surface area contributed by atoms with Crippen LogP contribution in [0, 0.1) is 0 Å². The molecule has 0 amide bonds. The van der Waals surface area contributed by atoms with Crippen molar-refractivity contribution in [3.05, 3.63) is 164 Å². The molecule has 53 heavy (non-hydrogen) atoms. The van der Waals surface area contributed by atoms with Crippen molar-refractivity contribution in [2.75, 3.05) is 4.90 Å². The molecule has 12 rings (SSSR count). The van der Waals surface area contributed by atoms with Crippen molar-refractivity contribution >= 4 is 114 Å². The van der Waals surface area contributed by atoms with Crippen LogP contribution < -0.4 is 4.90 Å². The fourth-order valence-electron chi connectivity index (χ4n) is 8.34. The third-order valence-corrected chi connectivity index (χ3v) is 11.9. The Morgan fingerprint density at radius 3 is 1.85 bits per heavy atom. The summed E-state index contributed by atoms with van der Waals surface area (Å²) >= 11 is 1.84. The highest BCUT2D eigenvalue weighted by Crippen LogP contribution is 2.47. The van der Waals surface area contributed by atoms with Gasteiger partial charge in [-0.2, -0.15) is 0 Å². The first-order chi connectivity index (χ1) is 26.3. The smallest absolute Gasteiger partial charge is 0.137 e. The molecule has 4 heterocycles. The molecule has 0 fully saturated rings. The summed E-state index contributed by atoms with van der Waals surface area (Å²) in [5.74, 6) is 0. The van der Waals surface area contributed by atoms with Crippen molar-refractivity contribution in [1.82, 2.24) is 0 Å². The van der Waals surface area contributed by atoms with Crippen LogP contribution in [0.2, 0.25) is 0 Å². The SMILES string of the molecule is c1ccc2c(c1)oc1cc(N(c3ccc(-c4cccc5oc6ccc7c8ccccc8sc7c6c45)cc3)c3cccc4oc5ccccc5c34)ccc12. The molecule has 0 aliphatic rings. The van der Waals surface area contributed by atoms with E-state index < -0.39 is 0 Å². The van der Waals surface area contributed by atoms with Gasteiger partial charge in [0.05, 0.1) is 11.1 Å². The molecule has 0 aliphatic carbocycles. The molecular weight excluding hydrogens is 671 g/mol. The van der Waals surface area contributed by atoms with Crippen molar-refractivity contribution < 1.29 is 13.3 Å². The lowest BCUT2D eigenvalue weighted by Gasteiger charge is -2.26. The predicted molar refractivity (Wildman–Crippen MR) is 221 cm³/mol. The fraction of sp³-hybridized carbons (Fsp3) is 0. The first-order valence-corrected chi connectivity index (χ1v) is 18.6. The summed E-state index contributed by atoms with van der Waals surface area (Å²) in [6, 6.07) is 57.5. The molecule has 4 nitrogen and oxygen atoms in total. The number of hydrogen-bond donors (Lipinski definition) is 0. The molecule has 0 unspecified atom stereocenters. The fourth-order valence-corrected chi connectivity index (χ4v) is 9.59. The lowest BCUT2D eigenvalue weighted by molar-refractivity contribution is 0.668. The van der Waals surface area contributed by atoms with Gasteiger partial charge in [0.15, 0.2) is 0 Å². The Kier molecular flexibility index (Phi) is 5.90. The summed E-state index contributed by atoms with van der Waals surface area (Å²) < 4.78 is 21.8. The van der Waals surface area contributed by atoms with Gasteiger partial charge >= 0.3 is 0 Å². The topological polar surface area (TPSA) is 42.7 Å². The Bertz CT molecular complexity index is 3420. The van der Waals surface area contributed by atoms with Gasteiger partial charge in [0.2, 0.25) is 0 Å². The zero-order chi connectivity index (χ0) is 34.6. The van der Waals surface area contributed by atoms with Crippen molar-refractivity contribution in [3.63, 3.8) is 0 Å². The zero-order valence-corrected chi connectivity index (χ0v) is 29.0. The molecule has 8 aromatic carbocycles. The van der Waals surface area contributed by atoms with Crippen LogP contribution in [0.4, 0.5) is 17.1 Å². The maximum Gasteiger partial charge on any atom is 0.137 e. The van der Waals surface area contributed by atoms with Gasteiger partial charge in [-0.15, -0.1) is 11.3 Å². The average molecular weight is 698 g/mol. The molecule has 5 heteroatoms. The number of furan rings is 3. The highest BCUT2D eigenvalue weighted by atomic mass is 32.1. The van der Waals surface area contributed by atoms with Gasteiger partial charge in [-0.05, 0) is 83.9 Å². The minimum atomic E-state index is 0.848. The normalized spacial score (nSPS) is 12.2. The minimum absolute atomic E-state index is 0.848. The zero-order valence-electron chi connectivity index (χ0n) is 28.2. The number of benzene rings is 8. The number of anilines is 3. The molecule has 0 aliphatic heterocycles. The van der Waals surface area contributed by atoms with E-state index in [1.54, 1.807) is 0 Å². The lowest BCUT2D eigenvalue weighted by atomic mass is 9.98. The van der Waals surface area contributed by atoms with Crippen LogP contribution in [-0.2, 0) is 0 Å². The highest BCUT2D eigenvalue weighted by molar-refractivity contribution is 7.26. The second kappa shape index (κ2) is 10.8. The van der Waals surface area contributed by atoms with Gasteiger partial charge in [-0.3, -0.25) is 0 Å². The maximum absolute atomic E-state index is 6.50. The third-order valence-electron chi connectivity index (χ3n) is 10.7. The molecule has 0 radical (unpaired) electrons. The number of fused-ring (bicyclic) bond motifs is 13. The summed E-state index contributed by atoms with van der Waals surface area (Å²) in [4.78, 5) is 2.31. The largest absolute Gasteiger partial charge is 0.456 e. The van der Waals surface area contributed by atoms with Crippen molar-refractivity contribution in [2.45, 2.75) is 0 Å². The van der Waals surface area contributed by atoms with Gasteiger partial charge in [-0.1, -0.05) is 84.9 Å². The van der Waals surface area contributed by atoms with Crippen LogP contribution in [0.25, 0.3) is 97.1 Å². The van der Waals surface area contributed by atoms with Crippen molar-refractivity contribution in [1.29, 1.82) is 0 Å². The Hall–Kier alpha value is -6.82. The van der Waals surface area contributed by atoms with E-state index in [1.165, 1.54) is 25.6 Å². The molecule has 0 atom stereocenters. The monoisotopic (exact) mass is 697 g/mol. The van der Waals surface area contributed by atoms with Gasteiger partial charge in [-0.25, -0.2) is 0 Å². The second-order valence-electron chi connectivity index (χ2n) is 13.6. The van der Waals surface area contributed by atoms with Crippen LogP contribution in [0.1, 0.15) is 0 Å². The average Bonchev–Trinajstić information content (AvgIpc) is 3.98. The van der Waals surface area contributed by atoms with Gasteiger partial charge in [0.1, 0.15) is 33.5 Å². The van der Waals surface area contributed by atoms with Crippen molar-refractivity contribution in [2.24, 2.45) is 0 Å². The molecule has 0 N–H and O–H groups in total. The number of nitrogens with zero attached hydrogens (tertiary/aromatic N) is 1.